The lowest BCUT2D eigenvalue weighted by Crippen LogP contribution is -2.30. The van der Waals surface area contributed by atoms with E-state index in [4.69, 9.17) is 0 Å². The minimum absolute atomic E-state index is 0.195. The number of fused-ring (bicyclic) bond motifs is 1. The van der Waals surface area contributed by atoms with Crippen molar-refractivity contribution in [1.29, 1.82) is 0 Å². The van der Waals surface area contributed by atoms with Gasteiger partial charge in [0.15, 0.2) is 0 Å². The fraction of sp³-hybridized carbons (Fsp3) is 0.333. The topological polar surface area (TPSA) is 53.9 Å². The van der Waals surface area contributed by atoms with E-state index in [1.165, 1.54) is 0 Å². The van der Waals surface area contributed by atoms with Crippen LogP contribution in [0.2, 0.25) is 0 Å². The number of hydrogen-bond donors (Lipinski definition) is 1. The molecule has 0 bridgehead atoms. The zero-order valence-electron chi connectivity index (χ0n) is 13.2. The molecule has 1 unspecified atom stereocenters. The lowest BCUT2D eigenvalue weighted by molar-refractivity contribution is -0.129. The van der Waals surface area contributed by atoms with Crippen LogP contribution in [0.15, 0.2) is 42.9 Å². The average molecular weight is 308 g/mol. The minimum Gasteiger partial charge on any atom is -0.361 e. The highest BCUT2D eigenvalue weighted by Gasteiger charge is 2.28. The van der Waals surface area contributed by atoms with E-state index in [-0.39, 0.29) is 5.91 Å². The lowest BCUT2D eigenvalue weighted by atomic mass is 10.1. The molecule has 5 nitrogen and oxygen atoms in total. The molecular formula is C18H20N4O. The van der Waals surface area contributed by atoms with Crippen molar-refractivity contribution in [1.82, 2.24) is 19.7 Å². The molecule has 1 saturated heterocycles. The zero-order chi connectivity index (χ0) is 15.8. The van der Waals surface area contributed by atoms with Crippen molar-refractivity contribution < 1.29 is 4.79 Å². The monoisotopic (exact) mass is 308 g/mol. The number of rotatable bonds is 3. The second-order valence-corrected chi connectivity index (χ2v) is 6.32. The number of carbonyl (C=O) groups is 1. The van der Waals surface area contributed by atoms with Crippen LogP contribution >= 0.6 is 0 Å². The standard InChI is InChI=1S/C18H20N4O/c1-13-9-20-22(11-13)15-6-7-21(12-15)18(23)8-14-10-19-17-5-3-2-4-16(14)17/h2-5,9-11,15,19H,6-8,12H2,1H3. The van der Waals surface area contributed by atoms with Crippen LogP contribution in [0.25, 0.3) is 10.9 Å². The number of benzene rings is 1. The average Bonchev–Trinajstić information content (AvgIpc) is 3.27. The molecule has 1 N–H and O–H groups in total. The number of para-hydroxylation sites is 1. The number of likely N-dealkylation sites (tertiary alicyclic amines) is 1. The number of aryl methyl sites for hydroxylation is 1. The molecule has 1 fully saturated rings. The Morgan fingerprint density at radius 1 is 1.39 bits per heavy atom. The van der Waals surface area contributed by atoms with E-state index < -0.39 is 0 Å². The maximum atomic E-state index is 12.6. The van der Waals surface area contributed by atoms with Crippen LogP contribution in [0.4, 0.5) is 0 Å². The van der Waals surface area contributed by atoms with Gasteiger partial charge in [0.1, 0.15) is 0 Å². The molecule has 5 heteroatoms. The van der Waals surface area contributed by atoms with Gasteiger partial charge in [-0.25, -0.2) is 0 Å². The number of amides is 1. The third kappa shape index (κ3) is 2.63. The molecule has 4 rings (SSSR count). The Balaban J connectivity index is 1.46. The molecule has 0 spiro atoms. The Bertz CT molecular complexity index is 847. The van der Waals surface area contributed by atoms with E-state index in [0.29, 0.717) is 12.5 Å². The molecule has 0 radical (unpaired) electrons. The van der Waals surface area contributed by atoms with Crippen LogP contribution in [0.1, 0.15) is 23.6 Å². The Morgan fingerprint density at radius 3 is 3.09 bits per heavy atom. The van der Waals surface area contributed by atoms with Crippen LogP contribution in [0.5, 0.6) is 0 Å². The summed E-state index contributed by atoms with van der Waals surface area (Å²) in [6.45, 7) is 3.60. The summed E-state index contributed by atoms with van der Waals surface area (Å²) in [6, 6.07) is 8.41. The van der Waals surface area contributed by atoms with Gasteiger partial charge in [0.2, 0.25) is 5.91 Å². The molecule has 0 aliphatic carbocycles. The van der Waals surface area contributed by atoms with Crippen molar-refractivity contribution in [2.75, 3.05) is 13.1 Å². The first-order chi connectivity index (χ1) is 11.2. The van der Waals surface area contributed by atoms with E-state index in [9.17, 15) is 4.79 Å². The third-order valence-corrected chi connectivity index (χ3v) is 4.64. The number of aromatic amines is 1. The lowest BCUT2D eigenvalue weighted by Gasteiger charge is -2.16. The Hall–Kier alpha value is -2.56. The molecule has 23 heavy (non-hydrogen) atoms. The summed E-state index contributed by atoms with van der Waals surface area (Å²) >= 11 is 0. The zero-order valence-corrected chi connectivity index (χ0v) is 13.2. The summed E-state index contributed by atoms with van der Waals surface area (Å²) in [6.07, 6.45) is 7.30. The quantitative estimate of drug-likeness (QED) is 0.809. The molecule has 1 aliphatic heterocycles. The van der Waals surface area contributed by atoms with Gasteiger partial charge in [-0.2, -0.15) is 5.10 Å². The predicted molar refractivity (Wildman–Crippen MR) is 89.2 cm³/mol. The van der Waals surface area contributed by atoms with E-state index >= 15 is 0 Å². The summed E-state index contributed by atoms with van der Waals surface area (Å²) in [7, 11) is 0. The molecule has 1 aromatic carbocycles. The van der Waals surface area contributed by atoms with Gasteiger partial charge in [-0.3, -0.25) is 9.48 Å². The normalized spacial score (nSPS) is 18.0. The summed E-state index contributed by atoms with van der Waals surface area (Å²) in [5.41, 5.74) is 3.32. The first-order valence-corrected chi connectivity index (χ1v) is 8.04. The molecule has 1 aliphatic rings. The number of nitrogens with one attached hydrogen (secondary N) is 1. The van der Waals surface area contributed by atoms with Gasteiger partial charge >= 0.3 is 0 Å². The molecule has 118 valence electrons. The Labute approximate surface area is 134 Å². The van der Waals surface area contributed by atoms with E-state index in [1.807, 2.05) is 47.1 Å². The predicted octanol–water partition coefficient (Wildman–Crippen LogP) is 2.69. The van der Waals surface area contributed by atoms with Gasteiger partial charge in [0, 0.05) is 36.4 Å². The van der Waals surface area contributed by atoms with Crippen LogP contribution in [0.3, 0.4) is 0 Å². The molecular weight excluding hydrogens is 288 g/mol. The largest absolute Gasteiger partial charge is 0.361 e. The highest BCUT2D eigenvalue weighted by molar-refractivity contribution is 5.89. The number of H-pyrrole nitrogens is 1. The first kappa shape index (κ1) is 14.1. The SMILES string of the molecule is Cc1cnn(C2CCN(C(=O)Cc3c[nH]c4ccccc34)C2)c1. The summed E-state index contributed by atoms with van der Waals surface area (Å²) in [4.78, 5) is 17.8. The van der Waals surface area contributed by atoms with Crippen LogP contribution < -0.4 is 0 Å². The maximum Gasteiger partial charge on any atom is 0.227 e. The molecule has 3 heterocycles. The van der Waals surface area contributed by atoms with Gasteiger partial charge in [0.25, 0.3) is 0 Å². The summed E-state index contributed by atoms with van der Waals surface area (Å²) < 4.78 is 1.99. The minimum atomic E-state index is 0.195. The van der Waals surface area contributed by atoms with Crippen molar-refractivity contribution in [2.24, 2.45) is 0 Å². The number of aromatic nitrogens is 3. The Morgan fingerprint density at radius 2 is 2.26 bits per heavy atom. The van der Waals surface area contributed by atoms with Crippen molar-refractivity contribution >= 4 is 16.8 Å². The number of hydrogen-bond acceptors (Lipinski definition) is 2. The molecule has 1 amide bonds. The number of nitrogens with zero attached hydrogens (tertiary/aromatic N) is 3. The highest BCUT2D eigenvalue weighted by Crippen LogP contribution is 2.23. The van der Waals surface area contributed by atoms with E-state index in [1.54, 1.807) is 0 Å². The van der Waals surface area contributed by atoms with Crippen LogP contribution in [0, 0.1) is 6.92 Å². The van der Waals surface area contributed by atoms with Gasteiger partial charge in [-0.1, -0.05) is 18.2 Å². The molecule has 0 saturated carbocycles. The summed E-state index contributed by atoms with van der Waals surface area (Å²) in [5, 5.41) is 5.52. The second kappa shape index (κ2) is 5.57. The van der Waals surface area contributed by atoms with Crippen molar-refractivity contribution in [3.05, 3.63) is 54.0 Å². The smallest absolute Gasteiger partial charge is 0.227 e. The van der Waals surface area contributed by atoms with Crippen LogP contribution in [-0.2, 0) is 11.2 Å². The van der Waals surface area contributed by atoms with Crippen molar-refractivity contribution in [3.8, 4) is 0 Å². The summed E-state index contributed by atoms with van der Waals surface area (Å²) in [5.74, 6) is 0.195. The fourth-order valence-corrected chi connectivity index (χ4v) is 3.37. The van der Waals surface area contributed by atoms with Gasteiger partial charge < -0.3 is 9.88 Å². The van der Waals surface area contributed by atoms with E-state index in [2.05, 4.69) is 22.3 Å². The molecule has 3 aromatic rings. The highest BCUT2D eigenvalue weighted by atomic mass is 16.2. The van der Waals surface area contributed by atoms with Gasteiger partial charge in [-0.15, -0.1) is 0 Å². The first-order valence-electron chi connectivity index (χ1n) is 8.04. The van der Waals surface area contributed by atoms with Gasteiger partial charge in [-0.05, 0) is 30.5 Å². The van der Waals surface area contributed by atoms with Crippen molar-refractivity contribution in [2.45, 2.75) is 25.8 Å². The maximum absolute atomic E-state index is 12.6. The second-order valence-electron chi connectivity index (χ2n) is 6.32. The third-order valence-electron chi connectivity index (χ3n) is 4.64. The van der Waals surface area contributed by atoms with Gasteiger partial charge in [0.05, 0.1) is 18.7 Å². The fourth-order valence-electron chi connectivity index (χ4n) is 3.37. The van der Waals surface area contributed by atoms with Crippen LogP contribution in [-0.4, -0.2) is 38.7 Å². The van der Waals surface area contributed by atoms with E-state index in [0.717, 1.165) is 41.5 Å². The molecule has 1 atom stereocenters. The Kier molecular flexibility index (Phi) is 3.41. The molecule has 2 aromatic heterocycles. The van der Waals surface area contributed by atoms with Crippen molar-refractivity contribution in [3.63, 3.8) is 0 Å². The number of carbonyl (C=O) groups excluding carboxylic acids is 1.